The van der Waals surface area contributed by atoms with Crippen molar-refractivity contribution >= 4 is 32.7 Å². The van der Waals surface area contributed by atoms with E-state index in [0.29, 0.717) is 29.2 Å². The molecule has 0 bridgehead atoms. The van der Waals surface area contributed by atoms with Gasteiger partial charge in [-0.2, -0.15) is 4.98 Å². The minimum absolute atomic E-state index is 0.355. The summed E-state index contributed by atoms with van der Waals surface area (Å²) in [5.41, 5.74) is 2.13. The molecule has 0 spiro atoms. The van der Waals surface area contributed by atoms with Gasteiger partial charge in [-0.05, 0) is 80.2 Å². The van der Waals surface area contributed by atoms with Gasteiger partial charge in [-0.15, -0.1) is 0 Å². The fourth-order valence-electron chi connectivity index (χ4n) is 4.88. The van der Waals surface area contributed by atoms with Crippen molar-refractivity contribution in [2.24, 2.45) is 11.8 Å². The number of nitrogens with one attached hydrogen (secondary N) is 2. The number of sulfonamides is 1. The number of fused-ring (bicyclic) bond motifs is 1. The Morgan fingerprint density at radius 3 is 2.25 bits per heavy atom. The summed E-state index contributed by atoms with van der Waals surface area (Å²) in [6.45, 7) is 3.49. The lowest BCUT2D eigenvalue weighted by Gasteiger charge is -2.28. The molecular weight excluding hydrogens is 470 g/mol. The van der Waals surface area contributed by atoms with Crippen LogP contribution in [0.5, 0.6) is 0 Å². The molecule has 1 heterocycles. The summed E-state index contributed by atoms with van der Waals surface area (Å²) in [4.78, 5) is 11.8. The lowest BCUT2D eigenvalue weighted by molar-refractivity contribution is 0.284. The quantitative estimate of drug-likeness (QED) is 0.368. The van der Waals surface area contributed by atoms with Gasteiger partial charge in [-0.3, -0.25) is 0 Å². The molecule has 1 aliphatic rings. The van der Waals surface area contributed by atoms with E-state index in [9.17, 15) is 8.42 Å². The summed E-state index contributed by atoms with van der Waals surface area (Å²) in [7, 11) is 0.525. The van der Waals surface area contributed by atoms with Crippen LogP contribution >= 0.6 is 0 Å². The Balaban J connectivity index is 1.25. The van der Waals surface area contributed by atoms with E-state index in [2.05, 4.69) is 17.0 Å². The average molecular weight is 510 g/mol. The second-order valence-electron chi connectivity index (χ2n) is 10.1. The summed E-state index contributed by atoms with van der Waals surface area (Å²) in [6.07, 6.45) is 7.42. The van der Waals surface area contributed by atoms with Crippen LogP contribution in [0.25, 0.3) is 10.9 Å². The van der Waals surface area contributed by atoms with Gasteiger partial charge in [0.2, 0.25) is 16.0 Å². The molecule has 36 heavy (non-hydrogen) atoms. The van der Waals surface area contributed by atoms with E-state index in [1.54, 1.807) is 12.1 Å². The zero-order chi connectivity index (χ0) is 25.5. The monoisotopic (exact) mass is 509 g/mol. The summed E-state index contributed by atoms with van der Waals surface area (Å²) < 4.78 is 28.4. The molecule has 7 nitrogen and oxygen atoms in total. The van der Waals surface area contributed by atoms with Crippen LogP contribution < -0.4 is 14.9 Å². The predicted octanol–water partition coefficient (Wildman–Crippen LogP) is 5.24. The fraction of sp³-hybridized carbons (Fsp3) is 0.500. The lowest BCUT2D eigenvalue weighted by Crippen LogP contribution is -2.32. The molecule has 0 atom stereocenters. The van der Waals surface area contributed by atoms with Crippen LogP contribution in [0.1, 0.15) is 51.0 Å². The smallest absolute Gasteiger partial charge is 0.240 e. The highest BCUT2D eigenvalue weighted by Crippen LogP contribution is 2.29. The first kappa shape index (κ1) is 26.4. The van der Waals surface area contributed by atoms with Crippen molar-refractivity contribution in [1.82, 2.24) is 14.7 Å². The van der Waals surface area contributed by atoms with Gasteiger partial charge >= 0.3 is 0 Å². The number of anilines is 2. The third-order valence-corrected chi connectivity index (χ3v) is 8.58. The van der Waals surface area contributed by atoms with Crippen LogP contribution in [-0.2, 0) is 16.4 Å². The Morgan fingerprint density at radius 1 is 0.917 bits per heavy atom. The van der Waals surface area contributed by atoms with Gasteiger partial charge in [-0.1, -0.05) is 37.6 Å². The van der Waals surface area contributed by atoms with E-state index >= 15 is 0 Å². The van der Waals surface area contributed by atoms with Gasteiger partial charge in [0.15, 0.2) is 0 Å². The molecule has 1 saturated carbocycles. The predicted molar refractivity (Wildman–Crippen MR) is 148 cm³/mol. The van der Waals surface area contributed by atoms with Crippen LogP contribution in [-0.4, -0.2) is 45.6 Å². The summed E-state index contributed by atoms with van der Waals surface area (Å²) in [6, 6.07) is 15.4. The minimum Gasteiger partial charge on any atom is -0.362 e. The minimum atomic E-state index is -3.47. The van der Waals surface area contributed by atoms with E-state index in [1.165, 1.54) is 5.56 Å². The van der Waals surface area contributed by atoms with Crippen molar-refractivity contribution in [1.29, 1.82) is 0 Å². The van der Waals surface area contributed by atoms with Gasteiger partial charge in [0.05, 0.1) is 10.4 Å². The summed E-state index contributed by atoms with van der Waals surface area (Å²) in [5, 5.41) is 4.50. The van der Waals surface area contributed by atoms with Crippen LogP contribution in [0, 0.1) is 11.8 Å². The third kappa shape index (κ3) is 6.73. The van der Waals surface area contributed by atoms with Gasteiger partial charge < -0.3 is 10.2 Å². The maximum atomic E-state index is 12.8. The Bertz CT molecular complexity index is 1240. The van der Waals surface area contributed by atoms with Gasteiger partial charge in [0, 0.05) is 32.6 Å². The number of para-hydroxylation sites is 1. The molecule has 194 valence electrons. The molecule has 3 aromatic rings. The van der Waals surface area contributed by atoms with Crippen LogP contribution in [0.2, 0.25) is 0 Å². The largest absolute Gasteiger partial charge is 0.362 e. The Morgan fingerprint density at radius 2 is 1.58 bits per heavy atom. The third-order valence-electron chi connectivity index (χ3n) is 7.14. The number of unbranched alkanes of at least 4 members (excludes halogenated alkanes) is 1. The Labute approximate surface area is 215 Å². The molecular formula is C28H39N5O2S. The molecule has 1 fully saturated rings. The maximum absolute atomic E-state index is 12.8. The van der Waals surface area contributed by atoms with E-state index < -0.39 is 10.0 Å². The number of aryl methyl sites for hydroxylation is 1. The lowest BCUT2D eigenvalue weighted by atomic mass is 9.82. The fourth-order valence-corrected chi connectivity index (χ4v) is 6.00. The van der Waals surface area contributed by atoms with E-state index in [0.717, 1.165) is 68.2 Å². The first-order valence-corrected chi connectivity index (χ1v) is 14.6. The van der Waals surface area contributed by atoms with E-state index in [-0.39, 0.29) is 0 Å². The zero-order valence-corrected chi connectivity index (χ0v) is 22.5. The summed E-state index contributed by atoms with van der Waals surface area (Å²) in [5.74, 6) is 2.48. The highest BCUT2D eigenvalue weighted by atomic mass is 32.2. The van der Waals surface area contributed by atoms with Gasteiger partial charge in [-0.25, -0.2) is 18.1 Å². The molecule has 0 amide bonds. The number of aromatic nitrogens is 2. The standard InChI is InChI=1S/C28H39N5O2S/c1-4-5-8-21-15-17-24(18-16-21)36(34,35)30-20-23-13-11-22(12-14-23)19-29-28-31-26-10-7-6-9-25(26)27(32-28)33(2)3/h6-7,9-10,15-18,22-23,30H,4-5,8,11-14,19-20H2,1-3H3,(H,29,31,32)/t22-,23-. The number of nitrogens with zero attached hydrogens (tertiary/aromatic N) is 3. The molecule has 0 unspecified atom stereocenters. The normalized spacial score (nSPS) is 18.3. The second-order valence-corrected chi connectivity index (χ2v) is 11.9. The van der Waals surface area contributed by atoms with Crippen LogP contribution in [0.3, 0.4) is 0 Å². The van der Waals surface area contributed by atoms with Crippen LogP contribution in [0.15, 0.2) is 53.4 Å². The van der Waals surface area contributed by atoms with Crippen molar-refractivity contribution in [2.45, 2.75) is 56.8 Å². The topological polar surface area (TPSA) is 87.2 Å². The molecule has 8 heteroatoms. The molecule has 4 rings (SSSR count). The molecule has 1 aliphatic carbocycles. The van der Waals surface area contributed by atoms with Crippen molar-refractivity contribution in [3.63, 3.8) is 0 Å². The highest BCUT2D eigenvalue weighted by Gasteiger charge is 2.23. The number of benzene rings is 2. The molecule has 0 radical (unpaired) electrons. The van der Waals surface area contributed by atoms with Gasteiger partial charge in [0.25, 0.3) is 0 Å². The molecule has 1 aromatic heterocycles. The van der Waals surface area contributed by atoms with E-state index in [4.69, 9.17) is 9.97 Å². The molecule has 0 saturated heterocycles. The number of rotatable bonds is 11. The van der Waals surface area contributed by atoms with Crippen LogP contribution in [0.4, 0.5) is 11.8 Å². The van der Waals surface area contributed by atoms with Gasteiger partial charge in [0.1, 0.15) is 5.82 Å². The zero-order valence-electron chi connectivity index (χ0n) is 21.7. The first-order valence-electron chi connectivity index (χ1n) is 13.1. The molecule has 2 aromatic carbocycles. The van der Waals surface area contributed by atoms with Crippen molar-refractivity contribution < 1.29 is 8.42 Å². The number of hydrogen-bond acceptors (Lipinski definition) is 6. The number of hydrogen-bond donors (Lipinski definition) is 2. The van der Waals surface area contributed by atoms with Crippen molar-refractivity contribution in [2.75, 3.05) is 37.4 Å². The van der Waals surface area contributed by atoms with Crippen molar-refractivity contribution in [3.8, 4) is 0 Å². The highest BCUT2D eigenvalue weighted by molar-refractivity contribution is 7.89. The Hall–Kier alpha value is -2.71. The summed E-state index contributed by atoms with van der Waals surface area (Å²) >= 11 is 0. The van der Waals surface area contributed by atoms with Crippen molar-refractivity contribution in [3.05, 3.63) is 54.1 Å². The maximum Gasteiger partial charge on any atom is 0.240 e. The SMILES string of the molecule is CCCCc1ccc(S(=O)(=O)NC[C@H]2CC[C@H](CNc3nc(N(C)C)c4ccccc4n3)CC2)cc1. The Kier molecular flexibility index (Phi) is 8.80. The molecule has 2 N–H and O–H groups in total. The first-order chi connectivity index (χ1) is 17.4. The molecule has 0 aliphatic heterocycles. The second kappa shape index (κ2) is 12.0. The van der Waals surface area contributed by atoms with E-state index in [1.807, 2.05) is 55.4 Å². The average Bonchev–Trinajstić information content (AvgIpc) is 2.90.